The van der Waals surface area contributed by atoms with Crippen molar-refractivity contribution in [3.05, 3.63) is 12.3 Å². The second-order valence-corrected chi connectivity index (χ2v) is 5.21. The summed E-state index contributed by atoms with van der Waals surface area (Å²) in [7, 11) is 2.02. The number of nitrogens with zero attached hydrogens (tertiary/aromatic N) is 4. The van der Waals surface area contributed by atoms with Gasteiger partial charge < -0.3 is 15.1 Å². The van der Waals surface area contributed by atoms with E-state index < -0.39 is 0 Å². The summed E-state index contributed by atoms with van der Waals surface area (Å²) in [6, 6.07) is 2.11. The Hall–Kier alpha value is -1.85. The van der Waals surface area contributed by atoms with Gasteiger partial charge in [0.1, 0.15) is 5.82 Å². The predicted molar refractivity (Wildman–Crippen MR) is 80.0 cm³/mol. The van der Waals surface area contributed by atoms with Crippen LogP contribution in [-0.2, 0) is 4.79 Å². The van der Waals surface area contributed by atoms with E-state index in [4.69, 9.17) is 0 Å². The highest BCUT2D eigenvalue weighted by molar-refractivity contribution is 5.73. The average molecular weight is 277 g/mol. The molecule has 20 heavy (non-hydrogen) atoms. The van der Waals surface area contributed by atoms with Crippen molar-refractivity contribution in [2.24, 2.45) is 0 Å². The van der Waals surface area contributed by atoms with Crippen molar-refractivity contribution in [2.75, 3.05) is 36.5 Å². The molecule has 0 aromatic carbocycles. The van der Waals surface area contributed by atoms with E-state index in [-0.39, 0.29) is 11.9 Å². The average Bonchev–Trinajstić information content (AvgIpc) is 2.46. The number of piperidine rings is 1. The first-order valence-corrected chi connectivity index (χ1v) is 7.16. The molecule has 2 heterocycles. The standard InChI is InChI=1S/C14H23N5O/c1-4-18(3)13-7-8-15-14(17-13)19-9-5-6-12(10-19)16-11(2)20/h7-8,12H,4-6,9-10H2,1-3H3,(H,16,20). The van der Waals surface area contributed by atoms with Crippen LogP contribution in [0.3, 0.4) is 0 Å². The molecule has 0 spiro atoms. The third-order valence-corrected chi connectivity index (χ3v) is 3.61. The Morgan fingerprint density at radius 1 is 1.60 bits per heavy atom. The van der Waals surface area contributed by atoms with E-state index in [0.717, 1.165) is 44.2 Å². The largest absolute Gasteiger partial charge is 0.360 e. The van der Waals surface area contributed by atoms with E-state index in [9.17, 15) is 4.79 Å². The molecule has 1 fully saturated rings. The molecule has 0 aliphatic carbocycles. The monoisotopic (exact) mass is 277 g/mol. The molecule has 1 aliphatic heterocycles. The van der Waals surface area contributed by atoms with Crippen LogP contribution in [-0.4, -0.2) is 48.6 Å². The van der Waals surface area contributed by atoms with Crippen molar-refractivity contribution in [3.63, 3.8) is 0 Å². The first-order valence-electron chi connectivity index (χ1n) is 7.16. The lowest BCUT2D eigenvalue weighted by Gasteiger charge is -2.33. The van der Waals surface area contributed by atoms with Crippen molar-refractivity contribution < 1.29 is 4.79 Å². The van der Waals surface area contributed by atoms with Crippen molar-refractivity contribution in [1.29, 1.82) is 0 Å². The van der Waals surface area contributed by atoms with Crippen molar-refractivity contribution in [3.8, 4) is 0 Å². The highest BCUT2D eigenvalue weighted by Crippen LogP contribution is 2.18. The van der Waals surface area contributed by atoms with Crippen LogP contribution in [0.15, 0.2) is 12.3 Å². The van der Waals surface area contributed by atoms with Gasteiger partial charge in [0.2, 0.25) is 11.9 Å². The smallest absolute Gasteiger partial charge is 0.227 e. The molecule has 1 saturated heterocycles. The number of anilines is 2. The molecule has 0 bridgehead atoms. The van der Waals surface area contributed by atoms with E-state index in [2.05, 4.69) is 32.0 Å². The van der Waals surface area contributed by atoms with Crippen LogP contribution in [0.25, 0.3) is 0 Å². The second-order valence-electron chi connectivity index (χ2n) is 5.21. The number of carbonyl (C=O) groups is 1. The normalized spacial score (nSPS) is 18.8. The molecule has 1 aromatic rings. The molecular weight excluding hydrogens is 254 g/mol. The molecular formula is C14H23N5O. The number of hydrogen-bond donors (Lipinski definition) is 1. The Labute approximate surface area is 120 Å². The van der Waals surface area contributed by atoms with E-state index in [0.29, 0.717) is 0 Å². The molecule has 1 aromatic heterocycles. The quantitative estimate of drug-likeness (QED) is 0.891. The lowest BCUT2D eigenvalue weighted by Crippen LogP contribution is -2.47. The molecule has 1 unspecified atom stereocenters. The lowest BCUT2D eigenvalue weighted by molar-refractivity contribution is -0.119. The summed E-state index contributed by atoms with van der Waals surface area (Å²) in [4.78, 5) is 24.4. The molecule has 2 rings (SSSR count). The zero-order chi connectivity index (χ0) is 14.5. The van der Waals surface area contributed by atoms with Gasteiger partial charge in [0.25, 0.3) is 0 Å². The van der Waals surface area contributed by atoms with Gasteiger partial charge in [0.15, 0.2) is 0 Å². The maximum atomic E-state index is 11.2. The van der Waals surface area contributed by atoms with Crippen LogP contribution in [0.2, 0.25) is 0 Å². The Balaban J connectivity index is 2.08. The second kappa shape index (κ2) is 6.54. The summed E-state index contributed by atoms with van der Waals surface area (Å²) in [5.74, 6) is 1.70. The number of rotatable bonds is 4. The SMILES string of the molecule is CCN(C)c1ccnc(N2CCCC(NC(C)=O)C2)n1. The molecule has 1 aliphatic rings. The van der Waals surface area contributed by atoms with Gasteiger partial charge in [0, 0.05) is 45.8 Å². The summed E-state index contributed by atoms with van der Waals surface area (Å²) in [5.41, 5.74) is 0. The van der Waals surface area contributed by atoms with Crippen molar-refractivity contribution >= 4 is 17.7 Å². The maximum absolute atomic E-state index is 11.2. The summed E-state index contributed by atoms with van der Waals surface area (Å²) in [5, 5.41) is 2.98. The van der Waals surface area contributed by atoms with Crippen LogP contribution in [0, 0.1) is 0 Å². The summed E-state index contributed by atoms with van der Waals surface area (Å²) < 4.78 is 0. The number of nitrogens with one attached hydrogen (secondary N) is 1. The number of aromatic nitrogens is 2. The molecule has 6 nitrogen and oxygen atoms in total. The zero-order valence-electron chi connectivity index (χ0n) is 12.5. The van der Waals surface area contributed by atoms with Crippen LogP contribution >= 0.6 is 0 Å². The van der Waals surface area contributed by atoms with E-state index in [1.165, 1.54) is 0 Å². The Morgan fingerprint density at radius 2 is 2.40 bits per heavy atom. The molecule has 1 amide bonds. The Kier molecular flexibility index (Phi) is 4.76. The van der Waals surface area contributed by atoms with Crippen molar-refractivity contribution in [2.45, 2.75) is 32.7 Å². The molecule has 6 heteroatoms. The zero-order valence-corrected chi connectivity index (χ0v) is 12.5. The number of amides is 1. The highest BCUT2D eigenvalue weighted by Gasteiger charge is 2.22. The predicted octanol–water partition coefficient (Wildman–Crippen LogP) is 1.04. The van der Waals surface area contributed by atoms with Gasteiger partial charge in [-0.25, -0.2) is 4.98 Å². The van der Waals surface area contributed by atoms with Crippen LogP contribution in [0.4, 0.5) is 11.8 Å². The third-order valence-electron chi connectivity index (χ3n) is 3.61. The van der Waals surface area contributed by atoms with Gasteiger partial charge in [-0.05, 0) is 25.8 Å². The molecule has 1 atom stereocenters. The highest BCUT2D eigenvalue weighted by atomic mass is 16.1. The lowest BCUT2D eigenvalue weighted by atomic mass is 10.1. The van der Waals surface area contributed by atoms with Gasteiger partial charge in [-0.3, -0.25) is 4.79 Å². The van der Waals surface area contributed by atoms with Gasteiger partial charge in [-0.15, -0.1) is 0 Å². The number of carbonyl (C=O) groups excluding carboxylic acids is 1. The summed E-state index contributed by atoms with van der Waals surface area (Å²) in [6.07, 6.45) is 3.86. The molecule has 0 radical (unpaired) electrons. The fraction of sp³-hybridized carbons (Fsp3) is 0.643. The van der Waals surface area contributed by atoms with Gasteiger partial charge in [0.05, 0.1) is 0 Å². The summed E-state index contributed by atoms with van der Waals surface area (Å²) >= 11 is 0. The van der Waals surface area contributed by atoms with Gasteiger partial charge in [-0.1, -0.05) is 0 Å². The first-order chi connectivity index (χ1) is 9.60. The van der Waals surface area contributed by atoms with Crippen LogP contribution < -0.4 is 15.1 Å². The Morgan fingerprint density at radius 3 is 3.10 bits per heavy atom. The third kappa shape index (κ3) is 3.59. The molecule has 1 N–H and O–H groups in total. The molecule has 110 valence electrons. The van der Waals surface area contributed by atoms with E-state index in [1.807, 2.05) is 13.1 Å². The van der Waals surface area contributed by atoms with Gasteiger partial charge in [-0.2, -0.15) is 4.98 Å². The minimum absolute atomic E-state index is 0.0252. The maximum Gasteiger partial charge on any atom is 0.227 e. The van der Waals surface area contributed by atoms with E-state index >= 15 is 0 Å². The fourth-order valence-corrected chi connectivity index (χ4v) is 2.43. The van der Waals surface area contributed by atoms with Crippen LogP contribution in [0.1, 0.15) is 26.7 Å². The molecule has 0 saturated carbocycles. The van der Waals surface area contributed by atoms with Crippen LogP contribution in [0.5, 0.6) is 0 Å². The minimum Gasteiger partial charge on any atom is -0.360 e. The first kappa shape index (κ1) is 14.6. The minimum atomic E-state index is 0.0252. The topological polar surface area (TPSA) is 61.4 Å². The van der Waals surface area contributed by atoms with Gasteiger partial charge >= 0.3 is 0 Å². The summed E-state index contributed by atoms with van der Waals surface area (Å²) in [6.45, 7) is 6.28. The van der Waals surface area contributed by atoms with Crippen molar-refractivity contribution in [1.82, 2.24) is 15.3 Å². The fourth-order valence-electron chi connectivity index (χ4n) is 2.43. The number of hydrogen-bond acceptors (Lipinski definition) is 5. The Bertz CT molecular complexity index is 465. The van der Waals surface area contributed by atoms with E-state index in [1.54, 1.807) is 13.1 Å².